The number of sulfonamides is 1. The predicted octanol–water partition coefficient (Wildman–Crippen LogP) is 8.04. The number of nitrogens with one attached hydrogen (secondary N) is 1. The third-order valence-electron chi connectivity index (χ3n) is 8.20. The Bertz CT molecular complexity index is 2190. The lowest BCUT2D eigenvalue weighted by molar-refractivity contribution is 0.0943. The van der Waals surface area contributed by atoms with Gasteiger partial charge in [0.25, 0.3) is 15.9 Å². The molecule has 0 saturated carbocycles. The number of amides is 1. The van der Waals surface area contributed by atoms with Gasteiger partial charge in [0, 0.05) is 16.7 Å². The molecule has 47 heavy (non-hydrogen) atoms. The largest absolute Gasteiger partial charge is 0.508 e. The summed E-state index contributed by atoms with van der Waals surface area (Å²) in [6.45, 7) is 0. The van der Waals surface area contributed by atoms with Gasteiger partial charge in [-0.25, -0.2) is 12.7 Å². The molecule has 6 aromatic rings. The van der Waals surface area contributed by atoms with E-state index in [2.05, 4.69) is 5.32 Å². The molecule has 7 heteroatoms. The van der Waals surface area contributed by atoms with E-state index in [0.29, 0.717) is 28.1 Å². The topological polar surface area (TPSA) is 86.7 Å². The van der Waals surface area contributed by atoms with E-state index < -0.39 is 16.1 Å². The minimum Gasteiger partial charge on any atom is -0.508 e. The highest BCUT2D eigenvalue weighted by atomic mass is 32.2. The highest BCUT2D eigenvalue weighted by Crippen LogP contribution is 2.47. The second-order valence-corrected chi connectivity index (χ2v) is 12.9. The van der Waals surface area contributed by atoms with Crippen LogP contribution in [0.4, 0.5) is 5.69 Å². The summed E-state index contributed by atoms with van der Waals surface area (Å²) >= 11 is 0. The molecule has 0 bridgehead atoms. The molecule has 1 atom stereocenters. The van der Waals surface area contributed by atoms with Gasteiger partial charge in [0.1, 0.15) is 5.75 Å². The quantitative estimate of drug-likeness (QED) is 0.186. The van der Waals surface area contributed by atoms with Crippen molar-refractivity contribution in [3.05, 3.63) is 197 Å². The summed E-state index contributed by atoms with van der Waals surface area (Å²) in [5, 5.41) is 13.2. The van der Waals surface area contributed by atoms with Crippen molar-refractivity contribution < 1.29 is 18.3 Å². The Kier molecular flexibility index (Phi) is 7.90. The van der Waals surface area contributed by atoms with Crippen LogP contribution in [0.1, 0.15) is 44.2 Å². The molecule has 1 heterocycles. The number of aromatic hydroxyl groups is 1. The molecule has 0 saturated heterocycles. The van der Waals surface area contributed by atoms with Crippen LogP contribution in [0.3, 0.4) is 0 Å². The van der Waals surface area contributed by atoms with Crippen LogP contribution in [0.25, 0.3) is 11.3 Å². The maximum atomic E-state index is 14.9. The molecule has 0 aromatic heterocycles. The average molecular weight is 635 g/mol. The Labute approximate surface area is 274 Å². The van der Waals surface area contributed by atoms with E-state index in [-0.39, 0.29) is 16.6 Å². The van der Waals surface area contributed by atoms with Gasteiger partial charge in [0.2, 0.25) is 0 Å². The van der Waals surface area contributed by atoms with Crippen molar-refractivity contribution in [1.29, 1.82) is 0 Å². The third-order valence-corrected chi connectivity index (χ3v) is 9.97. The average Bonchev–Trinajstić information content (AvgIpc) is 3.12. The molecular weight excluding hydrogens is 605 g/mol. The first-order valence-corrected chi connectivity index (χ1v) is 16.6. The van der Waals surface area contributed by atoms with Crippen LogP contribution in [-0.4, -0.2) is 19.4 Å². The highest BCUT2D eigenvalue weighted by molar-refractivity contribution is 7.93. The van der Waals surface area contributed by atoms with Crippen molar-refractivity contribution in [2.45, 2.75) is 10.9 Å². The van der Waals surface area contributed by atoms with Gasteiger partial charge in [0.05, 0.1) is 22.3 Å². The summed E-state index contributed by atoms with van der Waals surface area (Å²) in [7, 11) is -4.22. The lowest BCUT2D eigenvalue weighted by Crippen LogP contribution is -2.35. The van der Waals surface area contributed by atoms with E-state index in [9.17, 15) is 18.3 Å². The number of rotatable bonds is 7. The zero-order valence-electron chi connectivity index (χ0n) is 25.2. The van der Waals surface area contributed by atoms with Crippen LogP contribution < -0.4 is 9.62 Å². The summed E-state index contributed by atoms with van der Waals surface area (Å²) < 4.78 is 31.3. The Morgan fingerprint density at radius 1 is 0.617 bits per heavy atom. The second-order valence-electron chi connectivity index (χ2n) is 11.2. The number of carbonyl (C=O) groups excluding carboxylic acids is 1. The minimum absolute atomic E-state index is 0.0271. The number of fused-ring (bicyclic) bond motifs is 1. The summed E-state index contributed by atoms with van der Waals surface area (Å²) in [5.41, 5.74) is 5.65. The van der Waals surface area contributed by atoms with E-state index in [0.717, 1.165) is 22.3 Å². The molecule has 0 fully saturated rings. The van der Waals surface area contributed by atoms with E-state index in [1.54, 1.807) is 42.5 Å². The van der Waals surface area contributed by atoms with Crippen LogP contribution in [0.5, 0.6) is 5.75 Å². The lowest BCUT2D eigenvalue weighted by atomic mass is 9.90. The fourth-order valence-electron chi connectivity index (χ4n) is 6.01. The standard InChI is InChI=1S/C40H30N2O4S/c43-34-24-22-33(23-25-34)42-39(30-17-9-3-10-18-30)37(28-13-5-1-6-14-28)35-26-21-32(27-36(35)47(42,45)46)38(29-15-7-2-8-16-29)41-40(44)31-19-11-4-12-20-31/h1-27,38,43H,(H,41,44). The Morgan fingerprint density at radius 3 is 1.79 bits per heavy atom. The number of hydrogen-bond donors (Lipinski definition) is 2. The molecule has 7 rings (SSSR count). The highest BCUT2D eigenvalue weighted by Gasteiger charge is 2.39. The van der Waals surface area contributed by atoms with Crippen molar-refractivity contribution in [2.75, 3.05) is 4.31 Å². The lowest BCUT2D eigenvalue weighted by Gasteiger charge is -2.35. The fraction of sp³-hybridized carbons (Fsp3) is 0.0250. The van der Waals surface area contributed by atoms with Crippen molar-refractivity contribution in [3.8, 4) is 5.75 Å². The molecular formula is C40H30N2O4S. The Balaban J connectivity index is 1.48. The van der Waals surface area contributed by atoms with Crippen LogP contribution in [0, 0.1) is 0 Å². The number of anilines is 1. The van der Waals surface area contributed by atoms with E-state index in [4.69, 9.17) is 0 Å². The van der Waals surface area contributed by atoms with Gasteiger partial charge in [-0.1, -0.05) is 121 Å². The maximum Gasteiger partial charge on any atom is 0.269 e. The van der Waals surface area contributed by atoms with Gasteiger partial charge in [-0.3, -0.25) is 4.79 Å². The third kappa shape index (κ3) is 5.69. The Hall–Kier alpha value is -5.92. The number of hydrogen-bond acceptors (Lipinski definition) is 4. The first-order chi connectivity index (χ1) is 22.9. The second kappa shape index (κ2) is 12.5. The van der Waals surface area contributed by atoms with Gasteiger partial charge >= 0.3 is 0 Å². The van der Waals surface area contributed by atoms with Crippen LogP contribution in [0.2, 0.25) is 0 Å². The molecule has 2 N–H and O–H groups in total. The number of carbonyl (C=O) groups is 1. The molecule has 0 spiro atoms. The first kappa shape index (κ1) is 29.8. The summed E-state index contributed by atoms with van der Waals surface area (Å²) in [5.74, 6) is -0.249. The van der Waals surface area contributed by atoms with Crippen molar-refractivity contribution in [2.24, 2.45) is 0 Å². The molecule has 6 aromatic carbocycles. The number of phenols is 1. The molecule has 0 radical (unpaired) electrons. The molecule has 6 nitrogen and oxygen atoms in total. The van der Waals surface area contributed by atoms with Gasteiger partial charge < -0.3 is 10.4 Å². The van der Waals surface area contributed by atoms with Gasteiger partial charge in [-0.2, -0.15) is 0 Å². The fourth-order valence-corrected chi connectivity index (χ4v) is 7.77. The maximum absolute atomic E-state index is 14.9. The molecule has 1 unspecified atom stereocenters. The number of nitrogens with zero attached hydrogens (tertiary/aromatic N) is 1. The zero-order valence-corrected chi connectivity index (χ0v) is 26.0. The van der Waals surface area contributed by atoms with Gasteiger partial charge in [-0.15, -0.1) is 0 Å². The molecule has 0 aliphatic carbocycles. The number of phenolic OH excluding ortho intramolecular Hbond substituents is 1. The normalized spacial score (nSPS) is 14.3. The van der Waals surface area contributed by atoms with Crippen LogP contribution >= 0.6 is 0 Å². The smallest absolute Gasteiger partial charge is 0.269 e. The molecule has 1 aliphatic heterocycles. The first-order valence-electron chi connectivity index (χ1n) is 15.2. The van der Waals surface area contributed by atoms with E-state index >= 15 is 0 Å². The summed E-state index contributed by atoms with van der Waals surface area (Å²) in [6, 6.07) is 48.5. The van der Waals surface area contributed by atoms with E-state index in [1.807, 2.05) is 109 Å². The summed E-state index contributed by atoms with van der Waals surface area (Å²) in [4.78, 5) is 13.6. The molecule has 1 aliphatic rings. The molecule has 230 valence electrons. The monoisotopic (exact) mass is 634 g/mol. The van der Waals surface area contributed by atoms with Crippen molar-refractivity contribution in [1.82, 2.24) is 5.32 Å². The van der Waals surface area contributed by atoms with Crippen LogP contribution in [-0.2, 0) is 10.0 Å². The molecule has 1 amide bonds. The van der Waals surface area contributed by atoms with E-state index in [1.165, 1.54) is 16.4 Å². The summed E-state index contributed by atoms with van der Waals surface area (Å²) in [6.07, 6.45) is 0. The van der Waals surface area contributed by atoms with Crippen molar-refractivity contribution in [3.63, 3.8) is 0 Å². The zero-order chi connectivity index (χ0) is 32.4. The number of benzene rings is 6. The predicted molar refractivity (Wildman–Crippen MR) is 185 cm³/mol. The minimum atomic E-state index is -4.22. The van der Waals surface area contributed by atoms with Gasteiger partial charge in [0.15, 0.2) is 0 Å². The Morgan fingerprint density at radius 2 is 1.17 bits per heavy atom. The van der Waals surface area contributed by atoms with Crippen LogP contribution in [0.15, 0.2) is 169 Å². The van der Waals surface area contributed by atoms with Gasteiger partial charge in [-0.05, 0) is 64.7 Å². The van der Waals surface area contributed by atoms with Crippen molar-refractivity contribution >= 4 is 32.9 Å². The SMILES string of the molecule is O=C(NC(c1ccccc1)c1ccc2c(c1)S(=O)(=O)N(c1ccc(O)cc1)C(c1ccccc1)=C2c1ccccc1)c1ccccc1.